The highest BCUT2D eigenvalue weighted by Crippen LogP contribution is 2.37. The Morgan fingerprint density at radius 3 is 1.35 bits per heavy atom. The first-order valence-electron chi connectivity index (χ1n) is 7.70. The zero-order valence-electron chi connectivity index (χ0n) is 12.6. The zero-order chi connectivity index (χ0) is 15.4. The summed E-state index contributed by atoms with van der Waals surface area (Å²) in [6, 6.07) is 0. The molecular formula is C15H32O5. The van der Waals surface area contributed by atoms with Gasteiger partial charge < -0.3 is 25.5 Å². The lowest BCUT2D eigenvalue weighted by Gasteiger charge is -2.36. The number of rotatable bonds is 13. The summed E-state index contributed by atoms with van der Waals surface area (Å²) in [5.74, 6) is 0.703. The standard InChI is InChI=1S/C15H32O5/c1-12(2-7-16)14(5-10-19)15(6-11-20)13(3-8-17)4-9-18/h12-20H,2-11H2,1H3. The zero-order valence-corrected chi connectivity index (χ0v) is 12.6. The van der Waals surface area contributed by atoms with Crippen LogP contribution in [0.25, 0.3) is 0 Å². The Kier molecular flexibility index (Phi) is 12.4. The molecule has 122 valence electrons. The van der Waals surface area contributed by atoms with Crippen LogP contribution in [-0.4, -0.2) is 58.6 Å². The van der Waals surface area contributed by atoms with E-state index in [9.17, 15) is 20.4 Å². The molecule has 0 amide bonds. The molecule has 0 aromatic rings. The van der Waals surface area contributed by atoms with Crippen molar-refractivity contribution in [2.24, 2.45) is 23.7 Å². The van der Waals surface area contributed by atoms with Gasteiger partial charge in [0.1, 0.15) is 0 Å². The summed E-state index contributed by atoms with van der Waals surface area (Å²) in [6.07, 6.45) is 3.08. The van der Waals surface area contributed by atoms with Crippen LogP contribution in [0.2, 0.25) is 0 Å². The van der Waals surface area contributed by atoms with Gasteiger partial charge in [-0.1, -0.05) is 6.92 Å². The third-order valence-electron chi connectivity index (χ3n) is 4.40. The second kappa shape index (κ2) is 12.5. The molecule has 0 heterocycles. The van der Waals surface area contributed by atoms with E-state index in [1.54, 1.807) is 0 Å². The molecule has 0 rings (SSSR count). The van der Waals surface area contributed by atoms with Gasteiger partial charge in [-0.25, -0.2) is 0 Å². The Morgan fingerprint density at radius 2 is 0.950 bits per heavy atom. The molecule has 0 saturated heterocycles. The molecule has 0 saturated carbocycles. The highest BCUT2D eigenvalue weighted by molar-refractivity contribution is 4.81. The summed E-state index contributed by atoms with van der Waals surface area (Å²) in [5, 5.41) is 46.1. The Hall–Kier alpha value is -0.200. The van der Waals surface area contributed by atoms with Crippen molar-refractivity contribution in [3.05, 3.63) is 0 Å². The third-order valence-corrected chi connectivity index (χ3v) is 4.40. The van der Waals surface area contributed by atoms with Crippen molar-refractivity contribution >= 4 is 0 Å². The fourth-order valence-corrected chi connectivity index (χ4v) is 3.34. The van der Waals surface area contributed by atoms with E-state index in [0.29, 0.717) is 32.1 Å². The van der Waals surface area contributed by atoms with Gasteiger partial charge in [-0.2, -0.15) is 0 Å². The van der Waals surface area contributed by atoms with Crippen molar-refractivity contribution in [1.82, 2.24) is 0 Å². The van der Waals surface area contributed by atoms with Crippen LogP contribution in [0.1, 0.15) is 39.0 Å². The first-order chi connectivity index (χ1) is 9.65. The lowest BCUT2D eigenvalue weighted by atomic mass is 9.70. The molecule has 5 nitrogen and oxygen atoms in total. The van der Waals surface area contributed by atoms with E-state index in [0.717, 1.165) is 0 Å². The maximum absolute atomic E-state index is 9.31. The summed E-state index contributed by atoms with van der Waals surface area (Å²) in [5.41, 5.74) is 0. The van der Waals surface area contributed by atoms with E-state index in [2.05, 4.69) is 6.92 Å². The second-order valence-corrected chi connectivity index (χ2v) is 5.63. The molecular weight excluding hydrogens is 260 g/mol. The van der Waals surface area contributed by atoms with Crippen LogP contribution in [0.5, 0.6) is 0 Å². The topological polar surface area (TPSA) is 101 Å². The van der Waals surface area contributed by atoms with E-state index in [1.807, 2.05) is 0 Å². The third kappa shape index (κ3) is 6.99. The number of hydrogen-bond donors (Lipinski definition) is 5. The van der Waals surface area contributed by atoms with Crippen molar-refractivity contribution in [3.63, 3.8) is 0 Å². The number of hydrogen-bond acceptors (Lipinski definition) is 5. The predicted octanol–water partition coefficient (Wildman–Crippen LogP) is 0.383. The Balaban J connectivity index is 4.99. The fraction of sp³-hybridized carbons (Fsp3) is 1.00. The molecule has 20 heavy (non-hydrogen) atoms. The smallest absolute Gasteiger partial charge is 0.0433 e. The van der Waals surface area contributed by atoms with E-state index in [-0.39, 0.29) is 56.7 Å². The van der Waals surface area contributed by atoms with Gasteiger partial charge in [0.2, 0.25) is 0 Å². The fourth-order valence-electron chi connectivity index (χ4n) is 3.34. The molecule has 0 aliphatic rings. The van der Waals surface area contributed by atoms with E-state index < -0.39 is 0 Å². The molecule has 3 unspecified atom stereocenters. The van der Waals surface area contributed by atoms with Crippen LogP contribution in [0.15, 0.2) is 0 Å². The van der Waals surface area contributed by atoms with Crippen LogP contribution >= 0.6 is 0 Å². The maximum Gasteiger partial charge on any atom is 0.0433 e. The predicted molar refractivity (Wildman–Crippen MR) is 78.1 cm³/mol. The van der Waals surface area contributed by atoms with Gasteiger partial charge in [-0.15, -0.1) is 0 Å². The normalized spacial score (nSPS) is 16.4. The molecule has 5 heteroatoms. The summed E-state index contributed by atoms with van der Waals surface area (Å²) in [7, 11) is 0. The Bertz CT molecular complexity index is 206. The molecule has 0 aliphatic carbocycles. The van der Waals surface area contributed by atoms with Crippen LogP contribution in [0.3, 0.4) is 0 Å². The SMILES string of the molecule is CC(CCO)C(CCO)C(CCO)C(CCO)CCO. The number of aliphatic hydroxyl groups excluding tert-OH is 5. The monoisotopic (exact) mass is 292 g/mol. The highest BCUT2D eigenvalue weighted by Gasteiger charge is 2.31. The van der Waals surface area contributed by atoms with Crippen molar-refractivity contribution < 1.29 is 25.5 Å². The molecule has 0 aromatic heterocycles. The quantitative estimate of drug-likeness (QED) is 0.338. The van der Waals surface area contributed by atoms with Gasteiger partial charge in [-0.05, 0) is 55.8 Å². The van der Waals surface area contributed by atoms with Crippen molar-refractivity contribution in [1.29, 1.82) is 0 Å². The minimum Gasteiger partial charge on any atom is -0.396 e. The van der Waals surface area contributed by atoms with Crippen LogP contribution in [0, 0.1) is 23.7 Å². The maximum atomic E-state index is 9.31. The largest absolute Gasteiger partial charge is 0.396 e. The van der Waals surface area contributed by atoms with Crippen molar-refractivity contribution in [3.8, 4) is 0 Å². The van der Waals surface area contributed by atoms with Gasteiger partial charge in [-0.3, -0.25) is 0 Å². The average Bonchev–Trinajstić information content (AvgIpc) is 2.43. The van der Waals surface area contributed by atoms with Crippen molar-refractivity contribution in [2.45, 2.75) is 39.0 Å². The molecule has 0 spiro atoms. The lowest BCUT2D eigenvalue weighted by molar-refractivity contribution is 0.0659. The highest BCUT2D eigenvalue weighted by atomic mass is 16.3. The van der Waals surface area contributed by atoms with Gasteiger partial charge in [0.25, 0.3) is 0 Å². The second-order valence-electron chi connectivity index (χ2n) is 5.63. The van der Waals surface area contributed by atoms with Crippen LogP contribution in [0.4, 0.5) is 0 Å². The molecule has 0 aromatic carbocycles. The summed E-state index contributed by atoms with van der Waals surface area (Å²) in [6.45, 7) is 2.42. The molecule has 0 fully saturated rings. The van der Waals surface area contributed by atoms with E-state index in [1.165, 1.54) is 0 Å². The summed E-state index contributed by atoms with van der Waals surface area (Å²) >= 11 is 0. The van der Waals surface area contributed by atoms with Gasteiger partial charge in [0, 0.05) is 33.0 Å². The first-order valence-corrected chi connectivity index (χ1v) is 7.70. The summed E-state index contributed by atoms with van der Waals surface area (Å²) in [4.78, 5) is 0. The lowest BCUT2D eigenvalue weighted by Crippen LogP contribution is -2.31. The van der Waals surface area contributed by atoms with Crippen LogP contribution in [-0.2, 0) is 0 Å². The van der Waals surface area contributed by atoms with Crippen LogP contribution < -0.4 is 0 Å². The molecule has 5 N–H and O–H groups in total. The molecule has 0 aliphatic heterocycles. The first kappa shape index (κ1) is 19.8. The molecule has 0 radical (unpaired) electrons. The minimum atomic E-state index is 0.0613. The van der Waals surface area contributed by atoms with Gasteiger partial charge in [0.05, 0.1) is 0 Å². The van der Waals surface area contributed by atoms with E-state index >= 15 is 0 Å². The van der Waals surface area contributed by atoms with E-state index in [4.69, 9.17) is 5.11 Å². The van der Waals surface area contributed by atoms with Gasteiger partial charge >= 0.3 is 0 Å². The molecule has 0 bridgehead atoms. The Labute approximate surface area is 122 Å². The van der Waals surface area contributed by atoms with Crippen molar-refractivity contribution in [2.75, 3.05) is 33.0 Å². The average molecular weight is 292 g/mol. The van der Waals surface area contributed by atoms with Gasteiger partial charge in [0.15, 0.2) is 0 Å². The minimum absolute atomic E-state index is 0.0613. The number of aliphatic hydroxyl groups is 5. The Morgan fingerprint density at radius 1 is 0.550 bits per heavy atom. The molecule has 3 atom stereocenters. The summed E-state index contributed by atoms with van der Waals surface area (Å²) < 4.78 is 0.